The molecular weight excluding hydrogens is 248 g/mol. The number of hydrogen-bond acceptors (Lipinski definition) is 3. The lowest BCUT2D eigenvalue weighted by atomic mass is 10.1. The molecule has 3 aromatic heterocycles. The normalized spacial score (nSPS) is 16.1. The lowest BCUT2D eigenvalue weighted by Crippen LogP contribution is -2.30. The van der Waals surface area contributed by atoms with Crippen LogP contribution in [0.5, 0.6) is 0 Å². The Balaban J connectivity index is 1.90. The van der Waals surface area contributed by atoms with E-state index in [1.54, 1.807) is 0 Å². The van der Waals surface area contributed by atoms with Gasteiger partial charge in [0, 0.05) is 43.3 Å². The molecular formula is C16H18N4. The number of aromatic nitrogens is 3. The van der Waals surface area contributed by atoms with Gasteiger partial charge in [-0.25, -0.2) is 4.98 Å². The maximum Gasteiger partial charge on any atom is 0.143 e. The van der Waals surface area contributed by atoms with Crippen LogP contribution in [0, 0.1) is 0 Å². The highest BCUT2D eigenvalue weighted by Crippen LogP contribution is 2.28. The Morgan fingerprint density at radius 2 is 1.85 bits per heavy atom. The molecule has 0 N–H and O–H groups in total. The summed E-state index contributed by atoms with van der Waals surface area (Å²) in [6.45, 7) is 2.26. The molecule has 1 fully saturated rings. The van der Waals surface area contributed by atoms with Crippen LogP contribution in [0.25, 0.3) is 21.9 Å². The van der Waals surface area contributed by atoms with Gasteiger partial charge in [0.25, 0.3) is 0 Å². The summed E-state index contributed by atoms with van der Waals surface area (Å²) in [6.07, 6.45) is 7.67. The molecule has 0 bridgehead atoms. The van der Waals surface area contributed by atoms with E-state index in [1.807, 2.05) is 12.4 Å². The molecule has 0 atom stereocenters. The van der Waals surface area contributed by atoms with Gasteiger partial charge in [-0.1, -0.05) is 0 Å². The Labute approximate surface area is 118 Å². The van der Waals surface area contributed by atoms with E-state index in [1.165, 1.54) is 35.6 Å². The molecule has 4 nitrogen and oxygen atoms in total. The Morgan fingerprint density at radius 3 is 2.70 bits per heavy atom. The number of hydrogen-bond donors (Lipinski definition) is 0. The maximum absolute atomic E-state index is 4.90. The first-order chi connectivity index (χ1) is 9.84. The largest absolute Gasteiger partial charge is 0.357 e. The molecule has 4 heterocycles. The first-order valence-corrected chi connectivity index (χ1v) is 7.29. The number of piperidine rings is 1. The van der Waals surface area contributed by atoms with Gasteiger partial charge in [0.1, 0.15) is 11.5 Å². The molecule has 1 aliphatic heterocycles. The second-order valence-corrected chi connectivity index (χ2v) is 5.54. The lowest BCUT2D eigenvalue weighted by Gasteiger charge is -2.27. The van der Waals surface area contributed by atoms with Gasteiger partial charge in [0.15, 0.2) is 0 Å². The zero-order valence-corrected chi connectivity index (χ0v) is 11.7. The smallest absolute Gasteiger partial charge is 0.143 e. The van der Waals surface area contributed by atoms with E-state index >= 15 is 0 Å². The molecule has 0 radical (unpaired) electrons. The molecule has 4 heteroatoms. The second-order valence-electron chi connectivity index (χ2n) is 5.54. The average Bonchev–Trinajstić information content (AvgIpc) is 2.81. The van der Waals surface area contributed by atoms with Gasteiger partial charge in [0.05, 0.1) is 5.52 Å². The van der Waals surface area contributed by atoms with E-state index in [9.17, 15) is 0 Å². The lowest BCUT2D eigenvalue weighted by molar-refractivity contribution is 0.574. The third kappa shape index (κ3) is 1.68. The summed E-state index contributed by atoms with van der Waals surface area (Å²) in [6, 6.07) is 6.40. The van der Waals surface area contributed by atoms with E-state index in [0.29, 0.717) is 0 Å². The fraction of sp³-hybridized carbons (Fsp3) is 0.375. The zero-order valence-electron chi connectivity index (χ0n) is 11.7. The van der Waals surface area contributed by atoms with E-state index in [2.05, 4.69) is 39.7 Å². The Kier molecular flexibility index (Phi) is 2.62. The van der Waals surface area contributed by atoms with Gasteiger partial charge >= 0.3 is 0 Å². The number of pyridine rings is 2. The van der Waals surface area contributed by atoms with Gasteiger partial charge in [-0.05, 0) is 37.5 Å². The molecule has 102 valence electrons. The van der Waals surface area contributed by atoms with Crippen molar-refractivity contribution in [2.75, 3.05) is 18.0 Å². The van der Waals surface area contributed by atoms with Gasteiger partial charge in [-0.3, -0.25) is 4.98 Å². The Bertz CT molecular complexity index is 769. The summed E-state index contributed by atoms with van der Waals surface area (Å²) in [4.78, 5) is 11.5. The van der Waals surface area contributed by atoms with Crippen LogP contribution in [0.2, 0.25) is 0 Å². The molecule has 1 aliphatic rings. The van der Waals surface area contributed by atoms with Crippen molar-refractivity contribution in [3.05, 3.63) is 30.6 Å². The summed E-state index contributed by atoms with van der Waals surface area (Å²) in [7, 11) is 2.08. The van der Waals surface area contributed by atoms with Crippen molar-refractivity contribution in [3.63, 3.8) is 0 Å². The number of anilines is 1. The molecule has 0 amide bonds. The minimum Gasteiger partial charge on any atom is -0.357 e. The first kappa shape index (κ1) is 11.7. The highest BCUT2D eigenvalue weighted by Gasteiger charge is 2.15. The Morgan fingerprint density at radius 1 is 1.00 bits per heavy atom. The van der Waals surface area contributed by atoms with Crippen molar-refractivity contribution < 1.29 is 0 Å². The molecule has 20 heavy (non-hydrogen) atoms. The summed E-state index contributed by atoms with van der Waals surface area (Å²) in [5, 5.41) is 2.37. The number of aryl methyl sites for hydroxylation is 1. The average molecular weight is 266 g/mol. The Hall–Kier alpha value is -2.10. The standard InChI is InChI=1S/C16H18N4/c1-19-14-7-8-17-11-13(14)12-5-6-15(18-16(12)19)20-9-3-2-4-10-20/h5-8,11H,2-4,9-10H2,1H3. The molecule has 0 unspecified atom stereocenters. The molecule has 4 rings (SSSR count). The van der Waals surface area contributed by atoms with Gasteiger partial charge in [-0.15, -0.1) is 0 Å². The molecule has 0 aromatic carbocycles. The quantitative estimate of drug-likeness (QED) is 0.678. The SMILES string of the molecule is Cn1c2ccncc2c2ccc(N3CCCCC3)nc21. The number of rotatable bonds is 1. The van der Waals surface area contributed by atoms with Crippen LogP contribution in [0.3, 0.4) is 0 Å². The summed E-state index contributed by atoms with van der Waals surface area (Å²) in [5.41, 5.74) is 2.24. The van der Waals surface area contributed by atoms with Crippen LogP contribution in [-0.4, -0.2) is 27.6 Å². The fourth-order valence-electron chi connectivity index (χ4n) is 3.20. The van der Waals surface area contributed by atoms with Crippen LogP contribution >= 0.6 is 0 Å². The van der Waals surface area contributed by atoms with Crippen LogP contribution < -0.4 is 4.90 Å². The van der Waals surface area contributed by atoms with Crippen LogP contribution in [0.1, 0.15) is 19.3 Å². The fourth-order valence-corrected chi connectivity index (χ4v) is 3.20. The topological polar surface area (TPSA) is 34.0 Å². The van der Waals surface area contributed by atoms with Crippen LogP contribution in [0.4, 0.5) is 5.82 Å². The van der Waals surface area contributed by atoms with E-state index < -0.39 is 0 Å². The predicted molar refractivity (Wildman–Crippen MR) is 82.1 cm³/mol. The van der Waals surface area contributed by atoms with Crippen molar-refractivity contribution in [3.8, 4) is 0 Å². The molecule has 0 aliphatic carbocycles. The van der Waals surface area contributed by atoms with E-state index in [0.717, 1.165) is 24.6 Å². The second kappa shape index (κ2) is 4.47. The van der Waals surface area contributed by atoms with Crippen molar-refractivity contribution in [2.24, 2.45) is 7.05 Å². The minimum absolute atomic E-state index is 1.05. The zero-order chi connectivity index (χ0) is 13.5. The van der Waals surface area contributed by atoms with E-state index in [4.69, 9.17) is 4.98 Å². The van der Waals surface area contributed by atoms with Crippen LogP contribution in [-0.2, 0) is 7.05 Å². The van der Waals surface area contributed by atoms with Gasteiger partial charge in [0.2, 0.25) is 0 Å². The molecule has 1 saturated heterocycles. The van der Waals surface area contributed by atoms with Crippen molar-refractivity contribution >= 4 is 27.8 Å². The van der Waals surface area contributed by atoms with Crippen molar-refractivity contribution in [2.45, 2.75) is 19.3 Å². The number of fused-ring (bicyclic) bond motifs is 3. The van der Waals surface area contributed by atoms with Gasteiger partial charge < -0.3 is 9.47 Å². The van der Waals surface area contributed by atoms with Crippen molar-refractivity contribution in [1.82, 2.24) is 14.5 Å². The highest BCUT2D eigenvalue weighted by atomic mass is 15.2. The van der Waals surface area contributed by atoms with Crippen molar-refractivity contribution in [1.29, 1.82) is 0 Å². The molecule has 3 aromatic rings. The number of nitrogens with zero attached hydrogens (tertiary/aromatic N) is 4. The maximum atomic E-state index is 4.90. The highest BCUT2D eigenvalue weighted by molar-refractivity contribution is 6.06. The molecule has 0 saturated carbocycles. The summed E-state index contributed by atoms with van der Waals surface area (Å²) in [5.74, 6) is 1.11. The first-order valence-electron chi connectivity index (χ1n) is 7.29. The van der Waals surface area contributed by atoms with Gasteiger partial charge in [-0.2, -0.15) is 0 Å². The summed E-state index contributed by atoms with van der Waals surface area (Å²) < 4.78 is 2.17. The van der Waals surface area contributed by atoms with Crippen LogP contribution in [0.15, 0.2) is 30.6 Å². The predicted octanol–water partition coefficient (Wildman–Crippen LogP) is 3.11. The van der Waals surface area contributed by atoms with E-state index in [-0.39, 0.29) is 0 Å². The third-order valence-electron chi connectivity index (χ3n) is 4.31. The minimum atomic E-state index is 1.05. The summed E-state index contributed by atoms with van der Waals surface area (Å²) >= 11 is 0. The monoisotopic (exact) mass is 266 g/mol. The molecule has 0 spiro atoms. The third-order valence-corrected chi connectivity index (χ3v) is 4.31.